The lowest BCUT2D eigenvalue weighted by atomic mass is 9.87. The molecule has 0 bridgehead atoms. The second-order valence-corrected chi connectivity index (χ2v) is 9.42. The van der Waals surface area contributed by atoms with Crippen LogP contribution in [-0.4, -0.2) is 64.3 Å². The second-order valence-electron chi connectivity index (χ2n) is 8.34. The van der Waals surface area contributed by atoms with Gasteiger partial charge in [0.25, 0.3) is 0 Å². The number of aryl methyl sites for hydroxylation is 1. The van der Waals surface area contributed by atoms with E-state index >= 15 is 0 Å². The van der Waals surface area contributed by atoms with Gasteiger partial charge < -0.3 is 19.7 Å². The molecule has 9 nitrogen and oxygen atoms in total. The molecule has 0 aliphatic heterocycles. The molecule has 1 atom stereocenters. The molecule has 4 aromatic rings. The van der Waals surface area contributed by atoms with E-state index in [1.54, 1.807) is 42.6 Å². The van der Waals surface area contributed by atoms with Gasteiger partial charge in [0, 0.05) is 37.2 Å². The molecule has 1 N–H and O–H groups in total. The Labute approximate surface area is 201 Å². The average Bonchev–Trinajstić information content (AvgIpc) is 3.47. The third-order valence-corrected chi connectivity index (χ3v) is 7.59. The Morgan fingerprint density at radius 3 is 3.03 bits per heavy atom. The molecule has 5 rings (SSSR count). The van der Waals surface area contributed by atoms with Gasteiger partial charge in [-0.2, -0.15) is 5.10 Å². The molecular formula is C24H28N6O3S. The van der Waals surface area contributed by atoms with Crippen molar-refractivity contribution in [2.45, 2.75) is 26.2 Å². The van der Waals surface area contributed by atoms with Gasteiger partial charge in [-0.05, 0) is 43.9 Å². The van der Waals surface area contributed by atoms with E-state index in [2.05, 4.69) is 20.4 Å². The number of hydrogen-bond donors (Lipinski definition) is 1. The molecule has 10 heteroatoms. The van der Waals surface area contributed by atoms with E-state index in [9.17, 15) is 4.79 Å². The number of ether oxygens (including phenoxy) is 2. The summed E-state index contributed by atoms with van der Waals surface area (Å²) in [7, 11) is 3.31. The first kappa shape index (κ1) is 22.5. The van der Waals surface area contributed by atoms with E-state index < -0.39 is 0 Å². The molecule has 1 aliphatic rings. The first-order valence-electron chi connectivity index (χ1n) is 11.4. The van der Waals surface area contributed by atoms with Gasteiger partial charge in [0.05, 0.1) is 36.5 Å². The van der Waals surface area contributed by atoms with Crippen LogP contribution in [0.2, 0.25) is 0 Å². The van der Waals surface area contributed by atoms with Crippen molar-refractivity contribution >= 4 is 44.5 Å². The van der Waals surface area contributed by atoms with E-state index in [0.29, 0.717) is 25.4 Å². The minimum absolute atomic E-state index is 0.00824. The Kier molecular flexibility index (Phi) is 6.34. The lowest BCUT2D eigenvalue weighted by molar-refractivity contribution is -0.136. The van der Waals surface area contributed by atoms with Crippen molar-refractivity contribution in [3.05, 3.63) is 41.3 Å². The van der Waals surface area contributed by atoms with Gasteiger partial charge in [-0.25, -0.2) is 14.5 Å². The molecule has 0 saturated carbocycles. The SMILES string of the molecule is CCN(CCOC)C(=O)C1CCc2c(sc3ncnc(Nc4cc5ccnn5cc4OC)c23)C1. The molecule has 4 heterocycles. The Morgan fingerprint density at radius 2 is 2.24 bits per heavy atom. The Balaban J connectivity index is 1.45. The lowest BCUT2D eigenvalue weighted by Crippen LogP contribution is -2.39. The summed E-state index contributed by atoms with van der Waals surface area (Å²) in [6, 6.07) is 3.93. The number of anilines is 2. The maximum absolute atomic E-state index is 13.1. The highest BCUT2D eigenvalue weighted by atomic mass is 32.1. The quantitative estimate of drug-likeness (QED) is 0.411. The van der Waals surface area contributed by atoms with Crippen LogP contribution in [0.5, 0.6) is 5.75 Å². The predicted molar refractivity (Wildman–Crippen MR) is 132 cm³/mol. The van der Waals surface area contributed by atoms with E-state index in [0.717, 1.165) is 46.5 Å². The summed E-state index contributed by atoms with van der Waals surface area (Å²) in [5.74, 6) is 1.63. The number of fused-ring (bicyclic) bond motifs is 4. The van der Waals surface area contributed by atoms with Crippen molar-refractivity contribution in [1.82, 2.24) is 24.5 Å². The normalized spacial score (nSPS) is 15.4. The zero-order valence-electron chi connectivity index (χ0n) is 19.6. The number of amides is 1. The fourth-order valence-corrected chi connectivity index (χ4v) is 5.90. The molecule has 1 amide bonds. The van der Waals surface area contributed by atoms with Gasteiger partial charge in [0.1, 0.15) is 17.0 Å². The first-order chi connectivity index (χ1) is 16.6. The fourth-order valence-electron chi connectivity index (χ4n) is 4.63. The molecule has 0 fully saturated rings. The molecule has 1 unspecified atom stereocenters. The van der Waals surface area contributed by atoms with E-state index in [1.807, 2.05) is 30.2 Å². The van der Waals surface area contributed by atoms with Crippen LogP contribution in [0.1, 0.15) is 23.8 Å². The number of aromatic nitrogens is 4. The van der Waals surface area contributed by atoms with Crippen molar-refractivity contribution < 1.29 is 14.3 Å². The number of carbonyl (C=O) groups is 1. The number of carbonyl (C=O) groups excluding carboxylic acids is 1. The molecule has 1 aliphatic carbocycles. The summed E-state index contributed by atoms with van der Waals surface area (Å²) in [6.07, 6.45) is 7.57. The summed E-state index contributed by atoms with van der Waals surface area (Å²) >= 11 is 1.66. The van der Waals surface area contributed by atoms with Crippen LogP contribution < -0.4 is 10.1 Å². The van der Waals surface area contributed by atoms with Crippen LogP contribution in [0, 0.1) is 5.92 Å². The summed E-state index contributed by atoms with van der Waals surface area (Å²) in [4.78, 5) is 26.3. The Hall–Kier alpha value is -3.24. The van der Waals surface area contributed by atoms with Gasteiger partial charge in [0.2, 0.25) is 5.91 Å². The molecule has 4 aromatic heterocycles. The Bertz CT molecular complexity index is 1330. The number of pyridine rings is 1. The van der Waals surface area contributed by atoms with Crippen LogP contribution in [-0.2, 0) is 22.4 Å². The lowest BCUT2D eigenvalue weighted by Gasteiger charge is -2.28. The molecule has 0 radical (unpaired) electrons. The van der Waals surface area contributed by atoms with Crippen LogP contribution in [0.3, 0.4) is 0 Å². The van der Waals surface area contributed by atoms with Gasteiger partial charge in [0.15, 0.2) is 5.75 Å². The van der Waals surface area contributed by atoms with Crippen LogP contribution in [0.4, 0.5) is 11.5 Å². The number of nitrogens with zero attached hydrogens (tertiary/aromatic N) is 5. The van der Waals surface area contributed by atoms with Crippen LogP contribution in [0.15, 0.2) is 30.9 Å². The fraction of sp³-hybridized carbons (Fsp3) is 0.417. The summed E-state index contributed by atoms with van der Waals surface area (Å²) < 4.78 is 12.5. The zero-order chi connectivity index (χ0) is 23.7. The average molecular weight is 481 g/mol. The molecule has 0 saturated heterocycles. The second kappa shape index (κ2) is 9.55. The number of methoxy groups -OCH3 is 2. The number of thiophene rings is 1. The van der Waals surface area contributed by atoms with E-state index in [-0.39, 0.29) is 11.8 Å². The molecule has 34 heavy (non-hydrogen) atoms. The first-order valence-corrected chi connectivity index (χ1v) is 12.3. The van der Waals surface area contributed by atoms with E-state index in [4.69, 9.17) is 9.47 Å². The Morgan fingerprint density at radius 1 is 1.35 bits per heavy atom. The third-order valence-electron chi connectivity index (χ3n) is 6.42. The van der Waals surface area contributed by atoms with Gasteiger partial charge >= 0.3 is 0 Å². The van der Waals surface area contributed by atoms with E-state index in [1.165, 1.54) is 10.4 Å². The molecule has 0 spiro atoms. The third kappa shape index (κ3) is 4.07. The topological polar surface area (TPSA) is 93.9 Å². The minimum atomic E-state index is -0.00824. The zero-order valence-corrected chi connectivity index (χ0v) is 20.4. The number of nitrogens with one attached hydrogen (secondary N) is 1. The molecule has 178 valence electrons. The monoisotopic (exact) mass is 480 g/mol. The number of hydrogen-bond acceptors (Lipinski definition) is 8. The number of rotatable bonds is 8. The van der Waals surface area contributed by atoms with Crippen molar-refractivity contribution in [3.8, 4) is 5.75 Å². The molecule has 0 aromatic carbocycles. The van der Waals surface area contributed by atoms with Crippen molar-refractivity contribution in [3.63, 3.8) is 0 Å². The number of likely N-dealkylation sites (N-methyl/N-ethyl adjacent to an activating group) is 1. The van der Waals surface area contributed by atoms with Crippen molar-refractivity contribution in [1.29, 1.82) is 0 Å². The van der Waals surface area contributed by atoms with Crippen molar-refractivity contribution in [2.75, 3.05) is 39.2 Å². The van der Waals surface area contributed by atoms with Gasteiger partial charge in [-0.1, -0.05) is 0 Å². The predicted octanol–water partition coefficient (Wildman–Crippen LogP) is 3.69. The largest absolute Gasteiger partial charge is 0.493 e. The highest BCUT2D eigenvalue weighted by molar-refractivity contribution is 7.19. The van der Waals surface area contributed by atoms with Gasteiger partial charge in [-0.15, -0.1) is 11.3 Å². The maximum Gasteiger partial charge on any atom is 0.226 e. The smallest absolute Gasteiger partial charge is 0.226 e. The molecular weight excluding hydrogens is 452 g/mol. The van der Waals surface area contributed by atoms with Crippen molar-refractivity contribution in [2.24, 2.45) is 5.92 Å². The summed E-state index contributed by atoms with van der Waals surface area (Å²) in [6.45, 7) is 3.90. The van der Waals surface area contributed by atoms with Crippen LogP contribution >= 0.6 is 11.3 Å². The maximum atomic E-state index is 13.1. The van der Waals surface area contributed by atoms with Gasteiger partial charge in [-0.3, -0.25) is 4.79 Å². The standard InChI is InChI=1S/C24H28N6O3S/c1-4-29(9-10-32-2)24(31)15-5-6-17-20(11-15)34-23-21(17)22(25-14-26-23)28-18-12-16-7-8-27-30(16)13-19(18)33-3/h7-8,12-15H,4-6,9-11H2,1-3H3,(H,25,26,28). The highest BCUT2D eigenvalue weighted by Gasteiger charge is 2.31. The highest BCUT2D eigenvalue weighted by Crippen LogP contribution is 2.41. The minimum Gasteiger partial charge on any atom is -0.493 e. The summed E-state index contributed by atoms with van der Waals surface area (Å²) in [5, 5.41) is 8.78. The summed E-state index contributed by atoms with van der Waals surface area (Å²) in [5.41, 5.74) is 3.02. The van der Waals surface area contributed by atoms with Crippen LogP contribution in [0.25, 0.3) is 15.7 Å².